The highest BCUT2D eigenvalue weighted by molar-refractivity contribution is 5.89. The standard InChI is InChI=1S/C15H16F3N5O/c16-15(17,18)7-10-2-1-3-11(6-10)21-14(24)22-12-4-5-13-19-9-20-23(13)8-12/h1-3,6,9,12H,4-5,7-8H2,(H2,21,22,24)/t12-/m0/s1. The van der Waals surface area contributed by atoms with E-state index in [2.05, 4.69) is 20.7 Å². The molecule has 2 N–H and O–H groups in total. The molecule has 0 saturated heterocycles. The van der Waals surface area contributed by atoms with Gasteiger partial charge in [-0.3, -0.25) is 0 Å². The van der Waals surface area contributed by atoms with Crippen molar-refractivity contribution in [2.45, 2.75) is 38.0 Å². The van der Waals surface area contributed by atoms with Crippen LogP contribution in [-0.2, 0) is 19.4 Å². The summed E-state index contributed by atoms with van der Waals surface area (Å²) < 4.78 is 39.0. The van der Waals surface area contributed by atoms with Crippen molar-refractivity contribution in [2.75, 3.05) is 5.32 Å². The van der Waals surface area contributed by atoms with E-state index in [1.165, 1.54) is 24.5 Å². The number of carbonyl (C=O) groups is 1. The molecule has 0 saturated carbocycles. The maximum Gasteiger partial charge on any atom is 0.393 e. The Kier molecular flexibility index (Phi) is 4.41. The van der Waals surface area contributed by atoms with Crippen LogP contribution in [0.15, 0.2) is 30.6 Å². The Morgan fingerprint density at radius 2 is 2.21 bits per heavy atom. The quantitative estimate of drug-likeness (QED) is 0.903. The maximum absolute atomic E-state index is 12.4. The molecule has 24 heavy (non-hydrogen) atoms. The number of amides is 2. The van der Waals surface area contributed by atoms with Crippen LogP contribution in [0.2, 0.25) is 0 Å². The van der Waals surface area contributed by atoms with E-state index in [-0.39, 0.29) is 11.6 Å². The van der Waals surface area contributed by atoms with Crippen molar-refractivity contribution in [2.24, 2.45) is 0 Å². The van der Waals surface area contributed by atoms with Gasteiger partial charge in [-0.05, 0) is 24.1 Å². The van der Waals surface area contributed by atoms with Gasteiger partial charge in [-0.1, -0.05) is 12.1 Å². The Morgan fingerprint density at radius 3 is 3.00 bits per heavy atom. The lowest BCUT2D eigenvalue weighted by molar-refractivity contribution is -0.127. The van der Waals surface area contributed by atoms with Gasteiger partial charge in [-0.2, -0.15) is 18.3 Å². The van der Waals surface area contributed by atoms with Crippen molar-refractivity contribution in [1.82, 2.24) is 20.1 Å². The van der Waals surface area contributed by atoms with Gasteiger partial charge in [0.1, 0.15) is 12.2 Å². The zero-order chi connectivity index (χ0) is 17.2. The van der Waals surface area contributed by atoms with Crippen molar-refractivity contribution in [3.8, 4) is 0 Å². The topological polar surface area (TPSA) is 71.8 Å². The highest BCUT2D eigenvalue weighted by atomic mass is 19.4. The molecule has 2 aromatic rings. The van der Waals surface area contributed by atoms with Crippen LogP contribution in [0.3, 0.4) is 0 Å². The number of rotatable bonds is 3. The summed E-state index contributed by atoms with van der Waals surface area (Å²) in [4.78, 5) is 16.1. The summed E-state index contributed by atoms with van der Waals surface area (Å²) in [7, 11) is 0. The van der Waals surface area contributed by atoms with Gasteiger partial charge in [0.15, 0.2) is 0 Å². The van der Waals surface area contributed by atoms with E-state index in [1.807, 2.05) is 0 Å². The molecule has 6 nitrogen and oxygen atoms in total. The molecule has 0 spiro atoms. The van der Waals surface area contributed by atoms with Crippen molar-refractivity contribution in [3.05, 3.63) is 42.0 Å². The summed E-state index contributed by atoms with van der Waals surface area (Å²) in [5, 5.41) is 9.45. The van der Waals surface area contributed by atoms with Crippen molar-refractivity contribution >= 4 is 11.7 Å². The number of aryl methyl sites for hydroxylation is 1. The zero-order valence-corrected chi connectivity index (χ0v) is 12.7. The Bertz CT molecular complexity index is 728. The normalized spacial score (nSPS) is 17.2. The average molecular weight is 339 g/mol. The molecule has 9 heteroatoms. The number of anilines is 1. The van der Waals surface area contributed by atoms with Gasteiger partial charge >= 0.3 is 12.2 Å². The minimum atomic E-state index is -4.28. The molecule has 0 aliphatic carbocycles. The number of alkyl halides is 3. The van der Waals surface area contributed by atoms with Crippen LogP contribution in [0.1, 0.15) is 17.8 Å². The van der Waals surface area contributed by atoms with Crippen molar-refractivity contribution < 1.29 is 18.0 Å². The van der Waals surface area contributed by atoms with Crippen molar-refractivity contribution in [1.29, 1.82) is 0 Å². The monoisotopic (exact) mass is 339 g/mol. The number of hydrogen-bond acceptors (Lipinski definition) is 3. The van der Waals surface area contributed by atoms with E-state index >= 15 is 0 Å². The number of halogens is 3. The largest absolute Gasteiger partial charge is 0.393 e. The Balaban J connectivity index is 1.56. The molecule has 1 aliphatic heterocycles. The SMILES string of the molecule is O=C(Nc1cccc(CC(F)(F)F)c1)N[C@H]1CCc2ncnn2C1. The second kappa shape index (κ2) is 6.50. The van der Waals surface area contributed by atoms with Gasteiger partial charge in [0.05, 0.1) is 19.0 Å². The minimum Gasteiger partial charge on any atom is -0.333 e. The third-order valence-electron chi connectivity index (χ3n) is 3.73. The molecule has 1 atom stereocenters. The fourth-order valence-electron chi connectivity index (χ4n) is 2.70. The Hall–Kier alpha value is -2.58. The molecule has 0 unspecified atom stereocenters. The van der Waals surface area contributed by atoms with E-state index in [1.54, 1.807) is 10.7 Å². The van der Waals surface area contributed by atoms with Crippen LogP contribution in [-0.4, -0.2) is 33.0 Å². The predicted octanol–water partition coefficient (Wildman–Crippen LogP) is 2.52. The number of nitrogens with zero attached hydrogens (tertiary/aromatic N) is 3. The van der Waals surface area contributed by atoms with Crippen LogP contribution < -0.4 is 10.6 Å². The van der Waals surface area contributed by atoms with E-state index in [0.29, 0.717) is 18.7 Å². The van der Waals surface area contributed by atoms with Gasteiger partial charge in [0.25, 0.3) is 0 Å². The molecular weight excluding hydrogens is 323 g/mol. The lowest BCUT2D eigenvalue weighted by atomic mass is 10.1. The molecule has 1 aromatic heterocycles. The van der Waals surface area contributed by atoms with Gasteiger partial charge < -0.3 is 10.6 Å². The number of nitrogens with one attached hydrogen (secondary N) is 2. The first kappa shape index (κ1) is 16.3. The second-order valence-corrected chi connectivity index (χ2v) is 5.68. The number of benzene rings is 1. The molecular formula is C15H16F3N5O. The molecule has 2 amide bonds. The fourth-order valence-corrected chi connectivity index (χ4v) is 2.70. The van der Waals surface area contributed by atoms with Gasteiger partial charge in [-0.25, -0.2) is 14.5 Å². The van der Waals surface area contributed by atoms with Crippen LogP contribution in [0.25, 0.3) is 0 Å². The molecule has 0 radical (unpaired) electrons. The van der Waals surface area contributed by atoms with Crippen LogP contribution in [0, 0.1) is 0 Å². The molecule has 3 rings (SSSR count). The number of hydrogen-bond donors (Lipinski definition) is 2. The van der Waals surface area contributed by atoms with E-state index < -0.39 is 18.6 Å². The third-order valence-corrected chi connectivity index (χ3v) is 3.73. The van der Waals surface area contributed by atoms with Gasteiger partial charge in [-0.15, -0.1) is 0 Å². The number of urea groups is 1. The van der Waals surface area contributed by atoms with Crippen LogP contribution >= 0.6 is 0 Å². The third kappa shape index (κ3) is 4.24. The van der Waals surface area contributed by atoms with Gasteiger partial charge in [0.2, 0.25) is 0 Å². The van der Waals surface area contributed by atoms with Gasteiger partial charge in [0, 0.05) is 12.1 Å². The first-order valence-electron chi connectivity index (χ1n) is 7.49. The van der Waals surface area contributed by atoms with E-state index in [4.69, 9.17) is 0 Å². The highest BCUT2D eigenvalue weighted by Crippen LogP contribution is 2.23. The maximum atomic E-state index is 12.4. The zero-order valence-electron chi connectivity index (χ0n) is 12.7. The summed E-state index contributed by atoms with van der Waals surface area (Å²) >= 11 is 0. The number of aromatic nitrogens is 3. The van der Waals surface area contributed by atoms with E-state index in [9.17, 15) is 18.0 Å². The molecule has 128 valence electrons. The molecule has 2 heterocycles. The number of fused-ring (bicyclic) bond motifs is 1. The second-order valence-electron chi connectivity index (χ2n) is 5.68. The summed E-state index contributed by atoms with van der Waals surface area (Å²) in [6, 6.07) is 5.19. The summed E-state index contributed by atoms with van der Waals surface area (Å²) in [5.41, 5.74) is 0.428. The number of carbonyl (C=O) groups excluding carboxylic acids is 1. The lowest BCUT2D eigenvalue weighted by Gasteiger charge is -2.23. The molecule has 1 aliphatic rings. The molecule has 1 aromatic carbocycles. The van der Waals surface area contributed by atoms with E-state index in [0.717, 1.165) is 12.2 Å². The molecule has 0 bridgehead atoms. The lowest BCUT2D eigenvalue weighted by Crippen LogP contribution is -2.43. The minimum absolute atomic E-state index is 0.0995. The molecule has 0 fully saturated rings. The smallest absolute Gasteiger partial charge is 0.333 e. The first-order chi connectivity index (χ1) is 11.4. The predicted molar refractivity (Wildman–Crippen MR) is 80.5 cm³/mol. The highest BCUT2D eigenvalue weighted by Gasteiger charge is 2.27. The first-order valence-corrected chi connectivity index (χ1v) is 7.49. The van der Waals surface area contributed by atoms with Crippen LogP contribution in [0.4, 0.5) is 23.7 Å². The summed E-state index contributed by atoms with van der Waals surface area (Å²) in [6.07, 6.45) is -2.38. The Morgan fingerprint density at radius 1 is 1.38 bits per heavy atom. The Labute approximate surface area is 136 Å². The van der Waals surface area contributed by atoms with Crippen LogP contribution in [0.5, 0.6) is 0 Å². The average Bonchev–Trinajstić information content (AvgIpc) is 2.93. The summed E-state index contributed by atoms with van der Waals surface area (Å²) in [6.45, 7) is 0.525. The fraction of sp³-hybridized carbons (Fsp3) is 0.400. The van der Waals surface area contributed by atoms with Crippen molar-refractivity contribution in [3.63, 3.8) is 0 Å². The summed E-state index contributed by atoms with van der Waals surface area (Å²) in [5.74, 6) is 0.883.